The zero-order valence-electron chi connectivity index (χ0n) is 12.8. The molecular formula is C17H19N3S. The smallest absolute Gasteiger partial charge is 0.0901 e. The van der Waals surface area contributed by atoms with Crippen LogP contribution in [0.25, 0.3) is 10.9 Å². The fourth-order valence-electron chi connectivity index (χ4n) is 2.69. The van der Waals surface area contributed by atoms with Gasteiger partial charge in [0.2, 0.25) is 0 Å². The average Bonchev–Trinajstić information content (AvgIpc) is 2.81. The summed E-state index contributed by atoms with van der Waals surface area (Å²) < 4.78 is 0. The third kappa shape index (κ3) is 2.63. The highest BCUT2D eigenvalue weighted by atomic mass is 32.1. The molecule has 108 valence electrons. The monoisotopic (exact) mass is 297 g/mol. The van der Waals surface area contributed by atoms with Crippen molar-refractivity contribution in [1.29, 1.82) is 0 Å². The number of aryl methyl sites for hydroxylation is 3. The maximum absolute atomic E-state index is 4.64. The Morgan fingerprint density at radius 2 is 1.95 bits per heavy atom. The van der Waals surface area contributed by atoms with Crippen molar-refractivity contribution in [1.82, 2.24) is 9.97 Å². The van der Waals surface area contributed by atoms with Crippen LogP contribution in [0.3, 0.4) is 0 Å². The Hall–Kier alpha value is -1.94. The highest BCUT2D eigenvalue weighted by Gasteiger charge is 2.14. The molecule has 0 fully saturated rings. The molecule has 4 heteroatoms. The van der Waals surface area contributed by atoms with Gasteiger partial charge in [-0.1, -0.05) is 6.07 Å². The van der Waals surface area contributed by atoms with Gasteiger partial charge in [0.1, 0.15) is 0 Å². The first-order valence-electron chi connectivity index (χ1n) is 7.11. The first kappa shape index (κ1) is 14.0. The summed E-state index contributed by atoms with van der Waals surface area (Å²) in [4.78, 5) is 10.4. The summed E-state index contributed by atoms with van der Waals surface area (Å²) in [6.45, 7) is 8.44. The predicted octanol–water partition coefficient (Wildman–Crippen LogP) is 4.79. The molecule has 21 heavy (non-hydrogen) atoms. The molecule has 0 spiro atoms. The summed E-state index contributed by atoms with van der Waals surface area (Å²) in [7, 11) is 0. The van der Waals surface area contributed by atoms with Gasteiger partial charge in [-0.2, -0.15) is 0 Å². The lowest BCUT2D eigenvalue weighted by molar-refractivity contribution is 0.838. The number of rotatable bonds is 3. The number of nitrogens with one attached hydrogen (secondary N) is 1. The van der Waals surface area contributed by atoms with Crippen LogP contribution in [0.15, 0.2) is 30.5 Å². The van der Waals surface area contributed by atoms with E-state index in [1.165, 1.54) is 10.4 Å². The zero-order valence-corrected chi connectivity index (χ0v) is 13.6. The molecular weight excluding hydrogens is 278 g/mol. The molecule has 0 aliphatic rings. The average molecular weight is 297 g/mol. The molecule has 0 bridgehead atoms. The van der Waals surface area contributed by atoms with Gasteiger partial charge in [0.25, 0.3) is 0 Å². The van der Waals surface area contributed by atoms with Crippen molar-refractivity contribution >= 4 is 27.9 Å². The van der Waals surface area contributed by atoms with Gasteiger partial charge in [0, 0.05) is 22.1 Å². The van der Waals surface area contributed by atoms with E-state index < -0.39 is 0 Å². The van der Waals surface area contributed by atoms with Crippen molar-refractivity contribution in [3.63, 3.8) is 0 Å². The quantitative estimate of drug-likeness (QED) is 0.755. The number of nitrogens with zero attached hydrogens (tertiary/aromatic N) is 2. The molecule has 0 saturated carbocycles. The van der Waals surface area contributed by atoms with Gasteiger partial charge < -0.3 is 5.32 Å². The summed E-state index contributed by atoms with van der Waals surface area (Å²) in [6.07, 6.45) is 1.84. The van der Waals surface area contributed by atoms with Gasteiger partial charge >= 0.3 is 0 Å². The molecule has 3 rings (SSSR count). The summed E-state index contributed by atoms with van der Waals surface area (Å²) in [5.41, 5.74) is 4.50. The molecule has 3 aromatic rings. The van der Waals surface area contributed by atoms with Gasteiger partial charge in [-0.3, -0.25) is 4.98 Å². The second kappa shape index (κ2) is 5.45. The van der Waals surface area contributed by atoms with E-state index in [1.54, 1.807) is 11.3 Å². The summed E-state index contributed by atoms with van der Waals surface area (Å²) in [5.74, 6) is 0. The standard InChI is InChI=1S/C17H19N3S/c1-10-7-8-15(14-6-5-9-18-16(10)14)19-11(2)17-12(3)21-13(4)20-17/h5-9,11,19H,1-4H3. The van der Waals surface area contributed by atoms with Crippen molar-refractivity contribution in [2.24, 2.45) is 0 Å². The highest BCUT2D eigenvalue weighted by Crippen LogP contribution is 2.30. The first-order valence-corrected chi connectivity index (χ1v) is 7.92. The fraction of sp³-hybridized carbons (Fsp3) is 0.294. The normalized spacial score (nSPS) is 12.6. The molecule has 0 saturated heterocycles. The van der Waals surface area contributed by atoms with Crippen molar-refractivity contribution < 1.29 is 0 Å². The van der Waals surface area contributed by atoms with E-state index >= 15 is 0 Å². The van der Waals surface area contributed by atoms with Crippen molar-refractivity contribution in [3.8, 4) is 0 Å². The predicted molar refractivity (Wildman–Crippen MR) is 90.1 cm³/mol. The number of fused-ring (bicyclic) bond motifs is 1. The van der Waals surface area contributed by atoms with Crippen molar-refractivity contribution in [3.05, 3.63) is 51.6 Å². The van der Waals surface area contributed by atoms with Crippen LogP contribution < -0.4 is 5.32 Å². The first-order chi connectivity index (χ1) is 10.1. The lowest BCUT2D eigenvalue weighted by atomic mass is 10.1. The Kier molecular flexibility index (Phi) is 3.64. The number of pyridine rings is 1. The van der Waals surface area contributed by atoms with E-state index in [2.05, 4.69) is 61.2 Å². The topological polar surface area (TPSA) is 37.8 Å². The van der Waals surface area contributed by atoms with E-state index in [-0.39, 0.29) is 6.04 Å². The van der Waals surface area contributed by atoms with Crippen LogP contribution >= 0.6 is 11.3 Å². The number of aromatic nitrogens is 2. The Morgan fingerprint density at radius 1 is 1.14 bits per heavy atom. The second-order valence-electron chi connectivity index (χ2n) is 5.37. The minimum Gasteiger partial charge on any atom is -0.376 e. The molecule has 3 nitrogen and oxygen atoms in total. The maximum Gasteiger partial charge on any atom is 0.0901 e. The van der Waals surface area contributed by atoms with Crippen LogP contribution in [0.1, 0.15) is 34.1 Å². The number of thiazole rings is 1. The second-order valence-corrected chi connectivity index (χ2v) is 6.78. The van der Waals surface area contributed by atoms with Crippen LogP contribution in [0.5, 0.6) is 0 Å². The van der Waals surface area contributed by atoms with Gasteiger partial charge in [0.15, 0.2) is 0 Å². The van der Waals surface area contributed by atoms with E-state index in [4.69, 9.17) is 0 Å². The molecule has 2 heterocycles. The van der Waals surface area contributed by atoms with Crippen molar-refractivity contribution in [2.45, 2.75) is 33.7 Å². The van der Waals surface area contributed by atoms with Crippen LogP contribution in [0.4, 0.5) is 5.69 Å². The summed E-state index contributed by atoms with van der Waals surface area (Å²) in [5, 5.41) is 5.86. The van der Waals surface area contributed by atoms with E-state index in [0.29, 0.717) is 0 Å². The molecule has 1 N–H and O–H groups in total. The SMILES string of the molecule is Cc1nc(C(C)Nc2ccc(C)c3ncccc23)c(C)s1. The minimum atomic E-state index is 0.182. The van der Waals surface area contributed by atoms with Crippen LogP contribution in [-0.4, -0.2) is 9.97 Å². The maximum atomic E-state index is 4.64. The molecule has 1 aromatic carbocycles. The van der Waals surface area contributed by atoms with Gasteiger partial charge in [-0.15, -0.1) is 11.3 Å². The number of benzene rings is 1. The van der Waals surface area contributed by atoms with E-state index in [0.717, 1.165) is 27.3 Å². The molecule has 0 aliphatic carbocycles. The van der Waals surface area contributed by atoms with Crippen LogP contribution in [-0.2, 0) is 0 Å². The van der Waals surface area contributed by atoms with Gasteiger partial charge in [0.05, 0.1) is 22.3 Å². The van der Waals surface area contributed by atoms with Crippen LogP contribution in [0.2, 0.25) is 0 Å². The highest BCUT2D eigenvalue weighted by molar-refractivity contribution is 7.11. The molecule has 0 radical (unpaired) electrons. The number of hydrogen-bond acceptors (Lipinski definition) is 4. The lowest BCUT2D eigenvalue weighted by Crippen LogP contribution is -2.09. The zero-order chi connectivity index (χ0) is 15.0. The third-order valence-electron chi connectivity index (χ3n) is 3.69. The molecule has 2 aromatic heterocycles. The Balaban J connectivity index is 1.99. The minimum absolute atomic E-state index is 0.182. The van der Waals surface area contributed by atoms with Crippen molar-refractivity contribution in [2.75, 3.05) is 5.32 Å². The fourth-order valence-corrected chi connectivity index (χ4v) is 3.60. The molecule has 1 atom stereocenters. The lowest BCUT2D eigenvalue weighted by Gasteiger charge is -2.16. The Labute approximate surface area is 129 Å². The Morgan fingerprint density at radius 3 is 2.67 bits per heavy atom. The van der Waals surface area contributed by atoms with E-state index in [1.807, 2.05) is 12.3 Å². The third-order valence-corrected chi connectivity index (χ3v) is 4.59. The molecule has 1 unspecified atom stereocenters. The number of anilines is 1. The van der Waals surface area contributed by atoms with Gasteiger partial charge in [-0.05, 0) is 51.5 Å². The summed E-state index contributed by atoms with van der Waals surface area (Å²) >= 11 is 1.75. The largest absolute Gasteiger partial charge is 0.376 e. The van der Waals surface area contributed by atoms with Crippen LogP contribution in [0, 0.1) is 20.8 Å². The van der Waals surface area contributed by atoms with E-state index in [9.17, 15) is 0 Å². The molecule has 0 amide bonds. The van der Waals surface area contributed by atoms with Gasteiger partial charge in [-0.25, -0.2) is 4.98 Å². The Bertz CT molecular complexity index is 792. The molecule has 0 aliphatic heterocycles. The summed E-state index contributed by atoms with van der Waals surface area (Å²) in [6, 6.07) is 8.52. The number of hydrogen-bond donors (Lipinski definition) is 1.